The molecule has 0 spiro atoms. The van der Waals surface area contributed by atoms with Gasteiger partial charge in [-0.05, 0) is 49.3 Å². The fraction of sp³-hybridized carbons (Fsp3) is 0.333. The number of benzene rings is 1. The molecule has 0 saturated carbocycles. The van der Waals surface area contributed by atoms with E-state index in [1.54, 1.807) is 35.6 Å². The minimum absolute atomic E-state index is 0.0798. The van der Waals surface area contributed by atoms with Crippen molar-refractivity contribution in [3.8, 4) is 5.82 Å². The van der Waals surface area contributed by atoms with Crippen molar-refractivity contribution >= 4 is 5.91 Å². The number of nitrogens with zero attached hydrogens (tertiary/aromatic N) is 5. The van der Waals surface area contributed by atoms with E-state index in [-0.39, 0.29) is 5.91 Å². The van der Waals surface area contributed by atoms with Gasteiger partial charge in [-0.1, -0.05) is 30.3 Å². The standard InChI is InChI=1S/C21H23N5O/c27-21(19-10-11-22-20(13-19)26-15-23-24-16-26)25-12-4-7-18(14-25)9-8-17-5-2-1-3-6-17/h1-3,5-6,10-11,13,15-16,18H,4,7-9,12,14H2/t18-/m1/s1. The van der Waals surface area contributed by atoms with Crippen LogP contribution in [-0.4, -0.2) is 43.6 Å². The average Bonchev–Trinajstić information content (AvgIpc) is 3.28. The molecular formula is C21H23N5O. The molecule has 1 atom stereocenters. The number of likely N-dealkylation sites (tertiary alicyclic amines) is 1. The first-order valence-electron chi connectivity index (χ1n) is 9.44. The van der Waals surface area contributed by atoms with Crippen LogP contribution in [0.3, 0.4) is 0 Å². The van der Waals surface area contributed by atoms with Crippen LogP contribution in [0, 0.1) is 5.92 Å². The van der Waals surface area contributed by atoms with E-state index < -0.39 is 0 Å². The molecule has 0 N–H and O–H groups in total. The Morgan fingerprint density at radius 2 is 1.93 bits per heavy atom. The van der Waals surface area contributed by atoms with Crippen LogP contribution in [0.25, 0.3) is 5.82 Å². The molecule has 1 aliphatic rings. The molecule has 0 radical (unpaired) electrons. The summed E-state index contributed by atoms with van der Waals surface area (Å²) in [5, 5.41) is 7.59. The quantitative estimate of drug-likeness (QED) is 0.700. The number of rotatable bonds is 5. The highest BCUT2D eigenvalue weighted by atomic mass is 16.2. The largest absolute Gasteiger partial charge is 0.338 e. The lowest BCUT2D eigenvalue weighted by molar-refractivity contribution is 0.0668. The van der Waals surface area contributed by atoms with Crippen molar-refractivity contribution < 1.29 is 4.79 Å². The van der Waals surface area contributed by atoms with Crippen LogP contribution < -0.4 is 0 Å². The van der Waals surface area contributed by atoms with Crippen molar-refractivity contribution in [2.24, 2.45) is 5.92 Å². The second-order valence-electron chi connectivity index (χ2n) is 7.06. The first-order chi connectivity index (χ1) is 13.3. The molecule has 2 aromatic heterocycles. The molecule has 1 amide bonds. The molecule has 1 fully saturated rings. The van der Waals surface area contributed by atoms with E-state index in [4.69, 9.17) is 0 Å². The Balaban J connectivity index is 1.40. The van der Waals surface area contributed by atoms with Crippen LogP contribution in [0.4, 0.5) is 0 Å². The molecule has 0 unspecified atom stereocenters. The zero-order chi connectivity index (χ0) is 18.5. The third-order valence-electron chi connectivity index (χ3n) is 5.17. The fourth-order valence-electron chi connectivity index (χ4n) is 3.69. The number of aromatic nitrogens is 4. The number of amides is 1. The molecule has 3 heterocycles. The lowest BCUT2D eigenvalue weighted by Gasteiger charge is -2.33. The van der Waals surface area contributed by atoms with Crippen LogP contribution in [0.2, 0.25) is 0 Å². The van der Waals surface area contributed by atoms with Crippen molar-refractivity contribution in [1.82, 2.24) is 24.6 Å². The van der Waals surface area contributed by atoms with Gasteiger partial charge in [0.2, 0.25) is 0 Å². The van der Waals surface area contributed by atoms with Crippen molar-refractivity contribution in [3.63, 3.8) is 0 Å². The highest BCUT2D eigenvalue weighted by molar-refractivity contribution is 5.94. The number of hydrogen-bond donors (Lipinski definition) is 0. The number of carbonyl (C=O) groups excluding carboxylic acids is 1. The van der Waals surface area contributed by atoms with Crippen molar-refractivity contribution in [2.45, 2.75) is 25.7 Å². The molecule has 138 valence electrons. The summed E-state index contributed by atoms with van der Waals surface area (Å²) in [6.45, 7) is 1.65. The minimum Gasteiger partial charge on any atom is -0.338 e. The van der Waals surface area contributed by atoms with Crippen LogP contribution in [-0.2, 0) is 6.42 Å². The Morgan fingerprint density at radius 3 is 2.74 bits per heavy atom. The van der Waals surface area contributed by atoms with Gasteiger partial charge >= 0.3 is 0 Å². The van der Waals surface area contributed by atoms with E-state index in [2.05, 4.69) is 39.4 Å². The Hall–Kier alpha value is -3.02. The van der Waals surface area contributed by atoms with Gasteiger partial charge in [0.1, 0.15) is 18.5 Å². The Kier molecular flexibility index (Phi) is 5.23. The summed E-state index contributed by atoms with van der Waals surface area (Å²) in [6, 6.07) is 14.2. The maximum atomic E-state index is 13.0. The number of carbonyl (C=O) groups is 1. The predicted molar refractivity (Wildman–Crippen MR) is 103 cm³/mol. The molecule has 3 aromatic rings. The topological polar surface area (TPSA) is 63.9 Å². The maximum Gasteiger partial charge on any atom is 0.254 e. The van der Waals surface area contributed by atoms with E-state index in [0.29, 0.717) is 17.3 Å². The van der Waals surface area contributed by atoms with Crippen molar-refractivity contribution in [3.05, 3.63) is 72.4 Å². The lowest BCUT2D eigenvalue weighted by atomic mass is 9.91. The monoisotopic (exact) mass is 361 g/mol. The summed E-state index contributed by atoms with van der Waals surface area (Å²) in [6.07, 6.45) is 9.28. The zero-order valence-corrected chi connectivity index (χ0v) is 15.2. The van der Waals surface area contributed by atoms with Crippen LogP contribution in [0.15, 0.2) is 61.3 Å². The molecule has 4 rings (SSSR count). The van der Waals surface area contributed by atoms with Gasteiger partial charge in [0.25, 0.3) is 5.91 Å². The molecule has 1 aliphatic heterocycles. The molecule has 27 heavy (non-hydrogen) atoms. The average molecular weight is 361 g/mol. The van der Waals surface area contributed by atoms with Gasteiger partial charge in [0, 0.05) is 24.8 Å². The molecular weight excluding hydrogens is 338 g/mol. The summed E-state index contributed by atoms with van der Waals surface area (Å²) in [5.74, 6) is 1.29. The van der Waals surface area contributed by atoms with E-state index in [1.165, 1.54) is 12.0 Å². The third kappa shape index (κ3) is 4.22. The van der Waals surface area contributed by atoms with E-state index in [9.17, 15) is 4.79 Å². The summed E-state index contributed by atoms with van der Waals surface area (Å²) in [4.78, 5) is 19.3. The summed E-state index contributed by atoms with van der Waals surface area (Å²) < 4.78 is 1.70. The van der Waals surface area contributed by atoms with E-state index >= 15 is 0 Å². The normalized spacial score (nSPS) is 17.0. The minimum atomic E-state index is 0.0798. The first-order valence-corrected chi connectivity index (χ1v) is 9.44. The number of pyridine rings is 1. The molecule has 6 heteroatoms. The highest BCUT2D eigenvalue weighted by Gasteiger charge is 2.24. The molecule has 1 saturated heterocycles. The smallest absolute Gasteiger partial charge is 0.254 e. The summed E-state index contributed by atoms with van der Waals surface area (Å²) in [5.41, 5.74) is 2.03. The van der Waals surface area contributed by atoms with Gasteiger partial charge < -0.3 is 4.90 Å². The van der Waals surface area contributed by atoms with Crippen LogP contribution >= 0.6 is 0 Å². The van der Waals surface area contributed by atoms with Crippen LogP contribution in [0.1, 0.15) is 35.2 Å². The molecule has 1 aromatic carbocycles. The molecule has 6 nitrogen and oxygen atoms in total. The number of hydrogen-bond acceptors (Lipinski definition) is 4. The SMILES string of the molecule is O=C(c1ccnc(-n2cnnc2)c1)N1CCC[C@H](CCc2ccccc2)C1. The van der Waals surface area contributed by atoms with Crippen molar-refractivity contribution in [1.29, 1.82) is 0 Å². The van der Waals surface area contributed by atoms with E-state index in [0.717, 1.165) is 32.4 Å². The van der Waals surface area contributed by atoms with Gasteiger partial charge in [-0.2, -0.15) is 0 Å². The molecule has 0 aliphatic carbocycles. The van der Waals surface area contributed by atoms with Gasteiger partial charge in [0.05, 0.1) is 0 Å². The first kappa shape index (κ1) is 17.4. The van der Waals surface area contributed by atoms with Gasteiger partial charge in [-0.3, -0.25) is 9.36 Å². The zero-order valence-electron chi connectivity index (χ0n) is 15.2. The Labute approximate surface area is 158 Å². The summed E-state index contributed by atoms with van der Waals surface area (Å²) >= 11 is 0. The van der Waals surface area contributed by atoms with Crippen LogP contribution in [0.5, 0.6) is 0 Å². The number of aryl methyl sites for hydroxylation is 1. The Bertz CT molecular complexity index is 879. The fourth-order valence-corrected chi connectivity index (χ4v) is 3.69. The summed E-state index contributed by atoms with van der Waals surface area (Å²) in [7, 11) is 0. The van der Waals surface area contributed by atoms with Gasteiger partial charge in [0.15, 0.2) is 0 Å². The van der Waals surface area contributed by atoms with Crippen molar-refractivity contribution in [2.75, 3.05) is 13.1 Å². The second kappa shape index (κ2) is 8.12. The Morgan fingerprint density at radius 1 is 1.11 bits per heavy atom. The molecule has 0 bridgehead atoms. The van der Waals surface area contributed by atoms with Gasteiger partial charge in [-0.15, -0.1) is 10.2 Å². The predicted octanol–water partition coefficient (Wildman–Crippen LogP) is 3.15. The second-order valence-corrected chi connectivity index (χ2v) is 7.06. The van der Waals surface area contributed by atoms with Gasteiger partial charge in [-0.25, -0.2) is 4.98 Å². The highest BCUT2D eigenvalue weighted by Crippen LogP contribution is 2.23. The lowest BCUT2D eigenvalue weighted by Crippen LogP contribution is -2.40. The third-order valence-corrected chi connectivity index (χ3v) is 5.17. The van der Waals surface area contributed by atoms with E-state index in [1.807, 2.05) is 11.0 Å². The maximum absolute atomic E-state index is 13.0. The number of piperidine rings is 1.